The molecular weight excluding hydrogens is 360 g/mol. The van der Waals surface area contributed by atoms with E-state index in [0.717, 1.165) is 12.8 Å². The first-order valence-electron chi connectivity index (χ1n) is 8.61. The first-order chi connectivity index (χ1) is 10.7. The van der Waals surface area contributed by atoms with Gasteiger partial charge in [-0.1, -0.05) is 82.9 Å². The van der Waals surface area contributed by atoms with E-state index in [9.17, 15) is 8.42 Å². The van der Waals surface area contributed by atoms with Crippen LogP contribution in [0, 0.1) is 0 Å². The molecule has 23 heavy (non-hydrogen) atoms. The minimum Gasteiger partial charge on any atom is -0.266 e. The van der Waals surface area contributed by atoms with Gasteiger partial charge in [-0.2, -0.15) is 8.42 Å². The Hall–Kier alpha value is -0.351. The SMILES string of the molecule is CCCCCCCCCCCCOS(=O)(=O)c1ccccc1.[Cu+2]. The third kappa shape index (κ3) is 10.9. The molecule has 0 saturated heterocycles. The van der Waals surface area contributed by atoms with Crippen LogP contribution in [0.1, 0.15) is 71.1 Å². The van der Waals surface area contributed by atoms with E-state index in [-0.39, 0.29) is 28.6 Å². The molecule has 0 atom stereocenters. The van der Waals surface area contributed by atoms with Crippen LogP contribution < -0.4 is 0 Å². The second-order valence-electron chi connectivity index (χ2n) is 5.77. The van der Waals surface area contributed by atoms with Crippen molar-refractivity contribution in [3.8, 4) is 0 Å². The summed E-state index contributed by atoms with van der Waals surface area (Å²) in [5.41, 5.74) is 0. The molecule has 0 aliphatic rings. The Kier molecular flexibility index (Phi) is 13.8. The summed E-state index contributed by atoms with van der Waals surface area (Å²) in [4.78, 5) is 0.238. The minimum absolute atomic E-state index is 0. The van der Waals surface area contributed by atoms with Crippen molar-refractivity contribution in [1.29, 1.82) is 0 Å². The van der Waals surface area contributed by atoms with Gasteiger partial charge in [0.25, 0.3) is 10.1 Å². The molecule has 0 bridgehead atoms. The van der Waals surface area contributed by atoms with Crippen molar-refractivity contribution < 1.29 is 29.7 Å². The third-order valence-electron chi connectivity index (χ3n) is 3.77. The first kappa shape index (κ1) is 22.6. The molecule has 135 valence electrons. The maximum absolute atomic E-state index is 11.9. The Morgan fingerprint density at radius 1 is 0.783 bits per heavy atom. The number of hydrogen-bond donors (Lipinski definition) is 0. The molecule has 0 spiro atoms. The number of unbranched alkanes of at least 4 members (excludes halogenated alkanes) is 9. The third-order valence-corrected chi connectivity index (χ3v) is 5.09. The van der Waals surface area contributed by atoms with Crippen LogP contribution in [0.2, 0.25) is 0 Å². The van der Waals surface area contributed by atoms with Crippen LogP contribution in [-0.2, 0) is 31.4 Å². The van der Waals surface area contributed by atoms with Gasteiger partial charge in [0.2, 0.25) is 0 Å². The van der Waals surface area contributed by atoms with Crippen LogP contribution in [0.3, 0.4) is 0 Å². The van der Waals surface area contributed by atoms with Crippen molar-refractivity contribution in [2.75, 3.05) is 6.61 Å². The summed E-state index contributed by atoms with van der Waals surface area (Å²) >= 11 is 0. The van der Waals surface area contributed by atoms with E-state index in [1.807, 2.05) is 0 Å². The molecule has 1 aromatic rings. The zero-order chi connectivity index (χ0) is 16.1. The maximum atomic E-state index is 11.9. The summed E-state index contributed by atoms with van der Waals surface area (Å²) < 4.78 is 28.8. The number of benzene rings is 1. The molecule has 0 unspecified atom stereocenters. The van der Waals surface area contributed by atoms with Gasteiger partial charge in [0.15, 0.2) is 0 Å². The van der Waals surface area contributed by atoms with Gasteiger partial charge in [-0.15, -0.1) is 0 Å². The quantitative estimate of drug-likeness (QED) is 0.261. The Balaban J connectivity index is 0.00000484. The number of rotatable bonds is 13. The summed E-state index contributed by atoms with van der Waals surface area (Å²) in [5.74, 6) is 0. The normalized spacial score (nSPS) is 11.2. The van der Waals surface area contributed by atoms with Crippen LogP contribution in [-0.4, -0.2) is 15.0 Å². The van der Waals surface area contributed by atoms with E-state index in [0.29, 0.717) is 0 Å². The van der Waals surface area contributed by atoms with Gasteiger partial charge in [0.1, 0.15) is 0 Å². The van der Waals surface area contributed by atoms with E-state index in [2.05, 4.69) is 6.92 Å². The maximum Gasteiger partial charge on any atom is 2.00 e. The van der Waals surface area contributed by atoms with E-state index in [4.69, 9.17) is 4.18 Å². The second-order valence-corrected chi connectivity index (χ2v) is 7.39. The fraction of sp³-hybridized carbons (Fsp3) is 0.667. The predicted molar refractivity (Wildman–Crippen MR) is 91.4 cm³/mol. The largest absolute Gasteiger partial charge is 2.00 e. The molecule has 0 heterocycles. The van der Waals surface area contributed by atoms with Crippen molar-refractivity contribution in [3.05, 3.63) is 30.3 Å². The predicted octanol–water partition coefficient (Wildman–Crippen LogP) is 5.31. The second kappa shape index (κ2) is 14.0. The molecular formula is C18H30CuO3S+2. The van der Waals surface area contributed by atoms with Gasteiger partial charge in [0, 0.05) is 0 Å². The molecule has 0 N–H and O–H groups in total. The zero-order valence-corrected chi connectivity index (χ0v) is 15.9. The van der Waals surface area contributed by atoms with Crippen LogP contribution in [0.5, 0.6) is 0 Å². The molecule has 1 aromatic carbocycles. The van der Waals surface area contributed by atoms with Gasteiger partial charge in [-0.3, -0.25) is 4.18 Å². The molecule has 0 amide bonds. The fourth-order valence-corrected chi connectivity index (χ4v) is 3.38. The summed E-state index contributed by atoms with van der Waals surface area (Å²) in [7, 11) is -3.57. The van der Waals surface area contributed by atoms with Gasteiger partial charge < -0.3 is 0 Å². The molecule has 0 fully saturated rings. The monoisotopic (exact) mass is 389 g/mol. The molecule has 1 rings (SSSR count). The van der Waals surface area contributed by atoms with E-state index in [1.54, 1.807) is 30.3 Å². The van der Waals surface area contributed by atoms with Crippen molar-refractivity contribution >= 4 is 10.1 Å². The Labute approximate surface area is 152 Å². The minimum atomic E-state index is -3.57. The van der Waals surface area contributed by atoms with Crippen molar-refractivity contribution in [2.45, 2.75) is 76.0 Å². The Morgan fingerprint density at radius 2 is 1.26 bits per heavy atom. The molecule has 0 aliphatic heterocycles. The Morgan fingerprint density at radius 3 is 1.78 bits per heavy atom. The Bertz CT molecular complexity index is 474. The molecule has 1 radical (unpaired) electrons. The van der Waals surface area contributed by atoms with Gasteiger partial charge in [-0.05, 0) is 18.6 Å². The molecule has 0 aliphatic carbocycles. The van der Waals surface area contributed by atoms with Gasteiger partial charge in [0.05, 0.1) is 11.5 Å². The van der Waals surface area contributed by atoms with Crippen LogP contribution >= 0.6 is 0 Å². The average molecular weight is 390 g/mol. The topological polar surface area (TPSA) is 43.4 Å². The molecule has 0 saturated carbocycles. The standard InChI is InChI=1S/C18H30O3S.Cu/c1-2-3-4-5-6-7-8-9-10-14-17-21-22(19,20)18-15-12-11-13-16-18;/h11-13,15-16H,2-10,14,17H2,1H3;/q;+2. The smallest absolute Gasteiger partial charge is 0.266 e. The number of hydrogen-bond acceptors (Lipinski definition) is 3. The van der Waals surface area contributed by atoms with Gasteiger partial charge >= 0.3 is 17.1 Å². The van der Waals surface area contributed by atoms with E-state index in [1.165, 1.54) is 51.4 Å². The van der Waals surface area contributed by atoms with Crippen LogP contribution in [0.15, 0.2) is 35.2 Å². The van der Waals surface area contributed by atoms with Crippen LogP contribution in [0.4, 0.5) is 0 Å². The summed E-state index contributed by atoms with van der Waals surface area (Å²) in [5, 5.41) is 0. The zero-order valence-electron chi connectivity index (χ0n) is 14.1. The summed E-state index contributed by atoms with van der Waals surface area (Å²) in [6.45, 7) is 2.52. The molecule has 3 nitrogen and oxygen atoms in total. The summed E-state index contributed by atoms with van der Waals surface area (Å²) in [6, 6.07) is 8.33. The van der Waals surface area contributed by atoms with E-state index < -0.39 is 10.1 Å². The van der Waals surface area contributed by atoms with Gasteiger partial charge in [-0.25, -0.2) is 0 Å². The molecule has 5 heteroatoms. The summed E-state index contributed by atoms with van der Waals surface area (Å²) in [6.07, 6.45) is 12.3. The van der Waals surface area contributed by atoms with Crippen molar-refractivity contribution in [3.63, 3.8) is 0 Å². The van der Waals surface area contributed by atoms with Crippen molar-refractivity contribution in [1.82, 2.24) is 0 Å². The van der Waals surface area contributed by atoms with Crippen LogP contribution in [0.25, 0.3) is 0 Å². The molecule has 0 aromatic heterocycles. The van der Waals surface area contributed by atoms with Crippen molar-refractivity contribution in [2.24, 2.45) is 0 Å². The van der Waals surface area contributed by atoms with E-state index >= 15 is 0 Å². The first-order valence-corrected chi connectivity index (χ1v) is 10.0. The fourth-order valence-electron chi connectivity index (χ4n) is 2.41. The average Bonchev–Trinajstić information content (AvgIpc) is 2.53.